The molecule has 10 unspecified atom stereocenters. The molecule has 0 aromatic heterocycles. The van der Waals surface area contributed by atoms with Crippen LogP contribution < -0.4 is 9.47 Å². The van der Waals surface area contributed by atoms with Crippen LogP contribution in [0.15, 0.2) is 24.8 Å². The predicted molar refractivity (Wildman–Crippen MR) is 122 cm³/mol. The number of carbonyl (C=O) groups is 1. The molecule has 196 valence electrons. The molecule has 0 amide bonds. The number of carboxylic acid groups (broad SMARTS) is 1. The molecule has 1 spiro atoms. The van der Waals surface area contributed by atoms with Crippen LogP contribution >= 0.6 is 0 Å². The number of aliphatic carboxylic acids is 1. The van der Waals surface area contributed by atoms with Gasteiger partial charge in [-0.25, -0.2) is 4.79 Å². The smallest absolute Gasteiger partial charge is 0.335 e. The average molecular weight is 506 g/mol. The van der Waals surface area contributed by atoms with Crippen molar-refractivity contribution in [3.63, 3.8) is 0 Å². The summed E-state index contributed by atoms with van der Waals surface area (Å²) < 4.78 is 17.5. The van der Waals surface area contributed by atoms with Crippen molar-refractivity contribution < 1.29 is 49.6 Å². The zero-order valence-electron chi connectivity index (χ0n) is 19.6. The molecule has 6 rings (SSSR count). The van der Waals surface area contributed by atoms with Crippen LogP contribution in [0.4, 0.5) is 0 Å². The van der Waals surface area contributed by atoms with Crippen LogP contribution in [-0.2, 0) is 21.4 Å². The molecule has 1 saturated carbocycles. The molecule has 2 bridgehead atoms. The average Bonchev–Trinajstić information content (AvgIpc) is 3.20. The molecule has 1 aromatic carbocycles. The maximum atomic E-state index is 12.2. The number of ether oxygens (including phenoxy) is 3. The molecule has 2 saturated heterocycles. The van der Waals surface area contributed by atoms with E-state index < -0.39 is 59.9 Å². The predicted octanol–water partition coefficient (Wildman–Crippen LogP) is -1.34. The van der Waals surface area contributed by atoms with Gasteiger partial charge in [0.15, 0.2) is 17.6 Å². The first kappa shape index (κ1) is 24.1. The molecule has 11 nitrogen and oxygen atoms in total. The normalized spacial score (nSPS) is 44.9. The van der Waals surface area contributed by atoms with E-state index in [0.717, 1.165) is 11.1 Å². The minimum Gasteiger partial charge on any atom is -0.482 e. The Morgan fingerprint density at radius 2 is 1.97 bits per heavy atom. The van der Waals surface area contributed by atoms with Gasteiger partial charge in [-0.3, -0.25) is 4.90 Å². The van der Waals surface area contributed by atoms with Gasteiger partial charge in [-0.1, -0.05) is 12.1 Å². The molecular weight excluding hydrogens is 474 g/mol. The molecule has 36 heavy (non-hydrogen) atoms. The van der Waals surface area contributed by atoms with E-state index >= 15 is 0 Å². The van der Waals surface area contributed by atoms with E-state index in [1.165, 1.54) is 0 Å². The summed E-state index contributed by atoms with van der Waals surface area (Å²) >= 11 is 0. The summed E-state index contributed by atoms with van der Waals surface area (Å²) in [6, 6.07) is 3.29. The Labute approximate surface area is 207 Å². The van der Waals surface area contributed by atoms with Crippen LogP contribution in [-0.4, -0.2) is 109 Å². The lowest BCUT2D eigenvalue weighted by atomic mass is 9.48. The molecule has 0 radical (unpaired) electrons. The van der Waals surface area contributed by atoms with Crippen molar-refractivity contribution in [2.24, 2.45) is 0 Å². The Bertz CT molecular complexity index is 1100. The van der Waals surface area contributed by atoms with Crippen molar-refractivity contribution in [2.75, 3.05) is 13.1 Å². The summed E-state index contributed by atoms with van der Waals surface area (Å²) in [5, 5.41) is 63.2. The summed E-state index contributed by atoms with van der Waals surface area (Å²) in [6.45, 7) is 5.18. The monoisotopic (exact) mass is 505 g/mol. The lowest BCUT2D eigenvalue weighted by Crippen LogP contribution is -2.77. The van der Waals surface area contributed by atoms with E-state index in [1.807, 2.05) is 12.1 Å². The molecule has 5 aliphatic rings. The maximum absolute atomic E-state index is 12.2. The van der Waals surface area contributed by atoms with Gasteiger partial charge in [0.05, 0.1) is 17.1 Å². The van der Waals surface area contributed by atoms with E-state index in [9.17, 15) is 35.4 Å². The Morgan fingerprint density at radius 1 is 1.19 bits per heavy atom. The van der Waals surface area contributed by atoms with Crippen LogP contribution in [0, 0.1) is 0 Å². The number of hydrogen-bond acceptors (Lipinski definition) is 10. The first-order valence-electron chi connectivity index (χ1n) is 12.3. The SMILES string of the molecule is C=CCN1CCC23c4c5ccc(OC6OC(C(=O)O)C(O)C(O)C6O)c4OC2C(O)CCC3(O)C1C5. The fourth-order valence-electron chi connectivity index (χ4n) is 7.35. The van der Waals surface area contributed by atoms with Crippen LogP contribution in [0.3, 0.4) is 0 Å². The summed E-state index contributed by atoms with van der Waals surface area (Å²) in [7, 11) is 0. The molecule has 3 fully saturated rings. The van der Waals surface area contributed by atoms with E-state index in [1.54, 1.807) is 6.07 Å². The topological polar surface area (TPSA) is 169 Å². The first-order chi connectivity index (χ1) is 17.1. The fourth-order valence-corrected chi connectivity index (χ4v) is 7.35. The minimum absolute atomic E-state index is 0.135. The molecule has 3 heterocycles. The van der Waals surface area contributed by atoms with E-state index in [2.05, 4.69) is 11.5 Å². The van der Waals surface area contributed by atoms with Crippen molar-refractivity contribution in [1.82, 2.24) is 4.90 Å². The van der Waals surface area contributed by atoms with Gasteiger partial charge in [0.25, 0.3) is 0 Å². The highest BCUT2D eigenvalue weighted by Gasteiger charge is 2.72. The number of aliphatic hydroxyl groups excluding tert-OH is 4. The highest BCUT2D eigenvalue weighted by molar-refractivity contribution is 5.73. The fraction of sp³-hybridized carbons (Fsp3) is 0.640. The zero-order chi connectivity index (χ0) is 25.6. The third-order valence-corrected chi connectivity index (χ3v) is 8.95. The molecule has 1 aromatic rings. The van der Waals surface area contributed by atoms with Gasteiger partial charge in [0, 0.05) is 18.2 Å². The Kier molecular flexibility index (Phi) is 5.44. The number of benzene rings is 1. The zero-order valence-corrected chi connectivity index (χ0v) is 19.6. The van der Waals surface area contributed by atoms with Crippen molar-refractivity contribution in [3.05, 3.63) is 35.9 Å². The highest BCUT2D eigenvalue weighted by Crippen LogP contribution is 2.65. The van der Waals surface area contributed by atoms with Crippen LogP contribution in [0.2, 0.25) is 0 Å². The first-order valence-corrected chi connectivity index (χ1v) is 12.3. The molecule has 11 heteroatoms. The lowest BCUT2D eigenvalue weighted by Gasteiger charge is -2.63. The molecule has 6 N–H and O–H groups in total. The third-order valence-electron chi connectivity index (χ3n) is 8.95. The van der Waals surface area contributed by atoms with Gasteiger partial charge in [0.2, 0.25) is 6.29 Å². The summed E-state index contributed by atoms with van der Waals surface area (Å²) in [5.74, 6) is -1.06. The highest BCUT2D eigenvalue weighted by atomic mass is 16.7. The third kappa shape index (κ3) is 2.96. The number of piperidine rings is 1. The second-order valence-electron chi connectivity index (χ2n) is 10.6. The number of rotatable bonds is 5. The van der Waals surface area contributed by atoms with Crippen molar-refractivity contribution >= 4 is 5.97 Å². The number of aliphatic hydroxyl groups is 5. The lowest BCUT2D eigenvalue weighted by molar-refractivity contribution is -0.271. The second kappa shape index (κ2) is 8.12. The quantitative estimate of drug-likeness (QED) is 0.262. The second-order valence-corrected chi connectivity index (χ2v) is 10.6. The van der Waals surface area contributed by atoms with Gasteiger partial charge in [-0.05, 0) is 43.9 Å². The Balaban J connectivity index is 1.42. The van der Waals surface area contributed by atoms with Crippen LogP contribution in [0.5, 0.6) is 11.5 Å². The summed E-state index contributed by atoms with van der Waals surface area (Å²) in [5.41, 5.74) is -0.284. The largest absolute Gasteiger partial charge is 0.482 e. The number of carboxylic acids is 1. The van der Waals surface area contributed by atoms with Crippen molar-refractivity contribution in [3.8, 4) is 11.5 Å². The van der Waals surface area contributed by atoms with Crippen molar-refractivity contribution in [2.45, 2.75) is 85.7 Å². The standard InChI is InChI=1S/C25H31NO10/c1-2-8-26-9-7-24-15-11-3-4-13(34-23-18(30)16(28)17(29)20(36-23)22(31)32)19(15)35-21(24)12(27)5-6-25(24,33)14(26)10-11/h2-4,12,14,16-18,20-21,23,27-30,33H,1,5-10H2,(H,31,32). The molecule has 3 aliphatic heterocycles. The van der Waals surface area contributed by atoms with Crippen LogP contribution in [0.1, 0.15) is 30.4 Å². The van der Waals surface area contributed by atoms with E-state index in [4.69, 9.17) is 14.2 Å². The van der Waals surface area contributed by atoms with Gasteiger partial charge < -0.3 is 44.8 Å². The van der Waals surface area contributed by atoms with Gasteiger partial charge in [-0.2, -0.15) is 0 Å². The summed E-state index contributed by atoms with van der Waals surface area (Å²) in [6.07, 6.45) is -6.57. The minimum atomic E-state index is -1.84. The summed E-state index contributed by atoms with van der Waals surface area (Å²) in [4.78, 5) is 13.7. The number of likely N-dealkylation sites (tertiary alicyclic amines) is 1. The number of hydrogen-bond donors (Lipinski definition) is 6. The Hall–Kier alpha value is -2.25. The molecular formula is C25H31NO10. The van der Waals surface area contributed by atoms with Crippen LogP contribution in [0.25, 0.3) is 0 Å². The maximum Gasteiger partial charge on any atom is 0.335 e. The van der Waals surface area contributed by atoms with E-state index in [-0.39, 0.29) is 11.8 Å². The van der Waals surface area contributed by atoms with Gasteiger partial charge in [-0.15, -0.1) is 6.58 Å². The van der Waals surface area contributed by atoms with Gasteiger partial charge in [0.1, 0.15) is 24.4 Å². The van der Waals surface area contributed by atoms with Crippen molar-refractivity contribution in [1.29, 1.82) is 0 Å². The molecule has 2 aliphatic carbocycles. The molecule has 10 atom stereocenters. The number of nitrogens with zero attached hydrogens (tertiary/aromatic N) is 1. The van der Waals surface area contributed by atoms with Gasteiger partial charge >= 0.3 is 5.97 Å². The Morgan fingerprint density at radius 3 is 2.69 bits per heavy atom. The van der Waals surface area contributed by atoms with E-state index in [0.29, 0.717) is 44.5 Å².